The third-order valence-corrected chi connectivity index (χ3v) is 2.29. The summed E-state index contributed by atoms with van der Waals surface area (Å²) < 4.78 is 6.09. The molecule has 0 saturated carbocycles. The van der Waals surface area contributed by atoms with Crippen molar-refractivity contribution in [3.63, 3.8) is 0 Å². The summed E-state index contributed by atoms with van der Waals surface area (Å²) >= 11 is 3.35. The maximum Gasteiger partial charge on any atom is 0.407 e. The third-order valence-electron chi connectivity index (χ3n) is 1.76. The second-order valence-electron chi connectivity index (χ2n) is 4.58. The minimum atomic E-state index is -0.393. The lowest BCUT2D eigenvalue weighted by Crippen LogP contribution is -2.40. The van der Waals surface area contributed by atoms with Crippen LogP contribution in [0, 0.1) is 0 Å². The average Bonchev–Trinajstić information content (AvgIpc) is 2.14. The molecule has 1 N–H and O–H groups in total. The van der Waals surface area contributed by atoms with E-state index in [1.54, 1.807) is 0 Å². The van der Waals surface area contributed by atoms with Gasteiger partial charge in [0.15, 0.2) is 0 Å². The van der Waals surface area contributed by atoms with Crippen molar-refractivity contribution in [1.82, 2.24) is 5.32 Å². The van der Waals surface area contributed by atoms with Crippen molar-refractivity contribution in [2.75, 3.05) is 0 Å². The Kier molecular flexibility index (Phi) is 4.35. The Morgan fingerprint density at radius 1 is 1.31 bits per heavy atom. The number of amides is 1. The van der Waals surface area contributed by atoms with Crippen molar-refractivity contribution in [3.8, 4) is 0 Å². The molecule has 0 radical (unpaired) electrons. The summed E-state index contributed by atoms with van der Waals surface area (Å²) in [6.45, 7) is 6.02. The van der Waals surface area contributed by atoms with Crippen LogP contribution in [0.1, 0.15) is 26.3 Å². The molecule has 1 aromatic rings. The van der Waals surface area contributed by atoms with Gasteiger partial charge in [-0.1, -0.05) is 28.1 Å². The van der Waals surface area contributed by atoms with Crippen LogP contribution in [0.25, 0.3) is 0 Å². The lowest BCUT2D eigenvalue weighted by Gasteiger charge is -2.19. The van der Waals surface area contributed by atoms with Crippen LogP contribution >= 0.6 is 15.9 Å². The third kappa shape index (κ3) is 5.16. The SMILES string of the molecule is CC(C)(C)NC(=O)OCc1ccc(Br)cc1. The zero-order valence-corrected chi connectivity index (χ0v) is 11.3. The number of hydrogen-bond acceptors (Lipinski definition) is 2. The van der Waals surface area contributed by atoms with E-state index in [0.717, 1.165) is 10.0 Å². The Hall–Kier alpha value is -1.03. The molecule has 0 saturated heterocycles. The van der Waals surface area contributed by atoms with Gasteiger partial charge in [-0.15, -0.1) is 0 Å². The van der Waals surface area contributed by atoms with Gasteiger partial charge in [-0.2, -0.15) is 0 Å². The monoisotopic (exact) mass is 285 g/mol. The van der Waals surface area contributed by atoms with Crippen LogP contribution in [-0.2, 0) is 11.3 Å². The molecule has 0 aromatic heterocycles. The Morgan fingerprint density at radius 3 is 2.38 bits per heavy atom. The zero-order valence-electron chi connectivity index (χ0n) is 9.71. The van der Waals surface area contributed by atoms with Gasteiger partial charge in [0, 0.05) is 10.0 Å². The largest absolute Gasteiger partial charge is 0.445 e. The van der Waals surface area contributed by atoms with Gasteiger partial charge < -0.3 is 10.1 Å². The molecule has 1 amide bonds. The molecule has 0 unspecified atom stereocenters. The number of hydrogen-bond donors (Lipinski definition) is 1. The molecule has 88 valence electrons. The van der Waals surface area contributed by atoms with E-state index in [1.165, 1.54) is 0 Å². The number of benzene rings is 1. The topological polar surface area (TPSA) is 38.3 Å². The molecule has 0 aliphatic carbocycles. The summed E-state index contributed by atoms with van der Waals surface area (Å²) in [4.78, 5) is 11.4. The maximum absolute atomic E-state index is 11.4. The number of halogens is 1. The van der Waals surface area contributed by atoms with Gasteiger partial charge in [0.25, 0.3) is 0 Å². The molecule has 0 bridgehead atoms. The quantitative estimate of drug-likeness (QED) is 0.904. The summed E-state index contributed by atoms with van der Waals surface area (Å²) in [6.07, 6.45) is -0.393. The molecule has 1 rings (SSSR count). The van der Waals surface area contributed by atoms with Gasteiger partial charge in [-0.25, -0.2) is 4.79 Å². The van der Waals surface area contributed by atoms with Crippen LogP contribution in [0.3, 0.4) is 0 Å². The van der Waals surface area contributed by atoms with E-state index in [0.29, 0.717) is 0 Å². The molecule has 0 spiro atoms. The Morgan fingerprint density at radius 2 is 1.88 bits per heavy atom. The smallest absolute Gasteiger partial charge is 0.407 e. The van der Waals surface area contributed by atoms with E-state index in [-0.39, 0.29) is 12.1 Å². The van der Waals surface area contributed by atoms with E-state index >= 15 is 0 Å². The number of nitrogens with one attached hydrogen (secondary N) is 1. The predicted octanol–water partition coefficient (Wildman–Crippen LogP) is 3.47. The molecule has 0 aliphatic rings. The highest BCUT2D eigenvalue weighted by Gasteiger charge is 2.14. The van der Waals surface area contributed by atoms with E-state index in [1.807, 2.05) is 45.0 Å². The van der Waals surface area contributed by atoms with E-state index in [2.05, 4.69) is 21.2 Å². The van der Waals surface area contributed by atoms with Gasteiger partial charge in [0.1, 0.15) is 6.61 Å². The van der Waals surface area contributed by atoms with Crippen molar-refractivity contribution in [3.05, 3.63) is 34.3 Å². The number of alkyl carbamates (subject to hydrolysis) is 1. The van der Waals surface area contributed by atoms with Crippen LogP contribution in [0.2, 0.25) is 0 Å². The first-order chi connectivity index (χ1) is 7.37. The van der Waals surface area contributed by atoms with Crippen LogP contribution in [-0.4, -0.2) is 11.6 Å². The molecule has 0 atom stereocenters. The zero-order chi connectivity index (χ0) is 12.2. The minimum Gasteiger partial charge on any atom is -0.445 e. The van der Waals surface area contributed by atoms with Crippen LogP contribution < -0.4 is 5.32 Å². The minimum absolute atomic E-state index is 0.267. The fourth-order valence-electron chi connectivity index (χ4n) is 1.07. The highest BCUT2D eigenvalue weighted by molar-refractivity contribution is 9.10. The lowest BCUT2D eigenvalue weighted by molar-refractivity contribution is 0.131. The van der Waals surface area contributed by atoms with Crippen LogP contribution in [0.4, 0.5) is 4.79 Å². The number of carbonyl (C=O) groups excluding carboxylic acids is 1. The molecule has 4 heteroatoms. The van der Waals surface area contributed by atoms with Gasteiger partial charge >= 0.3 is 6.09 Å². The Bertz CT molecular complexity index is 354. The lowest BCUT2D eigenvalue weighted by atomic mass is 10.1. The van der Waals surface area contributed by atoms with E-state index < -0.39 is 6.09 Å². The van der Waals surface area contributed by atoms with Gasteiger partial charge in [-0.05, 0) is 38.5 Å². The van der Waals surface area contributed by atoms with Crippen molar-refractivity contribution >= 4 is 22.0 Å². The number of carbonyl (C=O) groups is 1. The molecule has 16 heavy (non-hydrogen) atoms. The maximum atomic E-state index is 11.4. The first-order valence-electron chi connectivity index (χ1n) is 5.06. The van der Waals surface area contributed by atoms with Gasteiger partial charge in [0.2, 0.25) is 0 Å². The summed E-state index contributed by atoms with van der Waals surface area (Å²) in [5.41, 5.74) is 0.698. The Labute approximate surface area is 104 Å². The second kappa shape index (κ2) is 5.34. The Balaban J connectivity index is 2.40. The van der Waals surface area contributed by atoms with Crippen molar-refractivity contribution in [1.29, 1.82) is 0 Å². The highest BCUT2D eigenvalue weighted by Crippen LogP contribution is 2.11. The van der Waals surface area contributed by atoms with Crippen LogP contribution in [0.15, 0.2) is 28.7 Å². The summed E-state index contributed by atoms with van der Waals surface area (Å²) in [5, 5.41) is 2.73. The summed E-state index contributed by atoms with van der Waals surface area (Å²) in [7, 11) is 0. The fourth-order valence-corrected chi connectivity index (χ4v) is 1.34. The number of rotatable bonds is 2. The molecule has 0 heterocycles. The van der Waals surface area contributed by atoms with Crippen LogP contribution in [0.5, 0.6) is 0 Å². The van der Waals surface area contributed by atoms with Gasteiger partial charge in [-0.3, -0.25) is 0 Å². The molecule has 0 fully saturated rings. The average molecular weight is 286 g/mol. The molecule has 0 aliphatic heterocycles. The second-order valence-corrected chi connectivity index (χ2v) is 5.49. The van der Waals surface area contributed by atoms with Crippen molar-refractivity contribution in [2.24, 2.45) is 0 Å². The van der Waals surface area contributed by atoms with E-state index in [9.17, 15) is 4.79 Å². The number of ether oxygens (including phenoxy) is 1. The first kappa shape index (κ1) is 13.0. The normalized spacial score (nSPS) is 11.0. The molecular formula is C12H16BrNO2. The molecule has 3 nitrogen and oxygen atoms in total. The predicted molar refractivity (Wildman–Crippen MR) is 67.2 cm³/mol. The van der Waals surface area contributed by atoms with E-state index in [4.69, 9.17) is 4.74 Å². The van der Waals surface area contributed by atoms with Crippen molar-refractivity contribution in [2.45, 2.75) is 32.9 Å². The molecule has 1 aromatic carbocycles. The summed E-state index contributed by atoms with van der Waals surface area (Å²) in [5.74, 6) is 0. The first-order valence-corrected chi connectivity index (χ1v) is 5.85. The summed E-state index contributed by atoms with van der Waals surface area (Å²) in [6, 6.07) is 7.66. The van der Waals surface area contributed by atoms with Crippen molar-refractivity contribution < 1.29 is 9.53 Å². The van der Waals surface area contributed by atoms with Gasteiger partial charge in [0.05, 0.1) is 0 Å². The molecular weight excluding hydrogens is 270 g/mol. The fraction of sp³-hybridized carbons (Fsp3) is 0.417. The highest BCUT2D eigenvalue weighted by atomic mass is 79.9. The standard InChI is InChI=1S/C12H16BrNO2/c1-12(2,3)14-11(15)16-8-9-4-6-10(13)7-5-9/h4-7H,8H2,1-3H3,(H,14,15).